The van der Waals surface area contributed by atoms with Gasteiger partial charge in [0.05, 0.1) is 17.6 Å². The maximum atomic E-state index is 12.2. The first-order chi connectivity index (χ1) is 12.0. The summed E-state index contributed by atoms with van der Waals surface area (Å²) in [6, 6.07) is 8.47. The highest BCUT2D eigenvalue weighted by Crippen LogP contribution is 2.41. The molecule has 0 unspecified atom stereocenters. The van der Waals surface area contributed by atoms with Crippen LogP contribution < -0.4 is 0 Å². The Morgan fingerprint density at radius 2 is 1.88 bits per heavy atom. The fourth-order valence-electron chi connectivity index (χ4n) is 3.00. The van der Waals surface area contributed by atoms with Crippen LogP contribution in [0.15, 0.2) is 58.9 Å². The molecule has 1 fully saturated rings. The molecule has 0 bridgehead atoms. The normalized spacial score (nSPS) is 18.6. The molecule has 1 saturated carbocycles. The van der Waals surface area contributed by atoms with Crippen molar-refractivity contribution in [2.75, 3.05) is 6.61 Å². The molecule has 0 aliphatic heterocycles. The first-order valence-electron chi connectivity index (χ1n) is 9.30. The first kappa shape index (κ1) is 19.9. The summed E-state index contributed by atoms with van der Waals surface area (Å²) in [5.74, 6) is 0.463. The van der Waals surface area contributed by atoms with E-state index in [9.17, 15) is 8.42 Å². The molecule has 1 aromatic carbocycles. The van der Waals surface area contributed by atoms with E-state index in [1.54, 1.807) is 36.4 Å². The molecule has 1 aromatic rings. The van der Waals surface area contributed by atoms with Gasteiger partial charge in [0.25, 0.3) is 0 Å². The largest absolute Gasteiger partial charge is 0.374 e. The summed E-state index contributed by atoms with van der Waals surface area (Å²) in [5, 5.41) is 1.25. The number of hydrogen-bond acceptors (Lipinski definition) is 3. The smallest absolute Gasteiger partial charge is 0.199 e. The molecule has 0 heterocycles. The predicted octanol–water partition coefficient (Wildman–Crippen LogP) is 5.30. The molecule has 1 aliphatic carbocycles. The Kier molecular flexibility index (Phi) is 7.91. The van der Waals surface area contributed by atoms with Gasteiger partial charge in [0.15, 0.2) is 9.84 Å². The summed E-state index contributed by atoms with van der Waals surface area (Å²) >= 11 is 0. The standard InChI is InChI=1S/C21H30O3S/c1-3-4-5-6-10-14-21(20-17-18(20)2)24-15-11-16-25(22,23)19-12-8-7-9-13-19/h7-9,11-13,16,20-21H,2-6,10,14-15,17H2,1H3/b16-11+/t20-,21+/m1/s1. The molecule has 1 aliphatic rings. The summed E-state index contributed by atoms with van der Waals surface area (Å²) in [5.41, 5.74) is 1.26. The Labute approximate surface area is 152 Å². The molecular formula is C21H30O3S. The highest BCUT2D eigenvalue weighted by Gasteiger charge is 2.35. The summed E-state index contributed by atoms with van der Waals surface area (Å²) < 4.78 is 30.3. The molecule has 0 amide bonds. The van der Waals surface area contributed by atoms with E-state index in [2.05, 4.69) is 13.5 Å². The van der Waals surface area contributed by atoms with Crippen molar-refractivity contribution in [3.8, 4) is 0 Å². The molecule has 2 rings (SSSR count). The number of ether oxygens (including phenoxy) is 1. The van der Waals surface area contributed by atoms with Gasteiger partial charge in [-0.3, -0.25) is 0 Å². The molecule has 2 atom stereocenters. The zero-order valence-electron chi connectivity index (χ0n) is 15.2. The third kappa shape index (κ3) is 6.79. The maximum absolute atomic E-state index is 12.2. The number of sulfone groups is 1. The van der Waals surface area contributed by atoms with Gasteiger partial charge in [-0.05, 0) is 31.1 Å². The quantitative estimate of drug-likeness (QED) is 0.374. The maximum Gasteiger partial charge on any atom is 0.199 e. The van der Waals surface area contributed by atoms with Gasteiger partial charge in [-0.2, -0.15) is 0 Å². The van der Waals surface area contributed by atoms with Gasteiger partial charge in [-0.1, -0.05) is 69.4 Å². The molecule has 0 N–H and O–H groups in total. The van der Waals surface area contributed by atoms with E-state index in [-0.39, 0.29) is 6.10 Å². The minimum atomic E-state index is -3.38. The van der Waals surface area contributed by atoms with Crippen molar-refractivity contribution in [2.24, 2.45) is 5.92 Å². The lowest BCUT2D eigenvalue weighted by atomic mass is 10.0. The van der Waals surface area contributed by atoms with Crippen LogP contribution >= 0.6 is 0 Å². The summed E-state index contributed by atoms with van der Waals surface area (Å²) in [6.07, 6.45) is 10.1. The second kappa shape index (κ2) is 9.93. The number of hydrogen-bond donors (Lipinski definition) is 0. The highest BCUT2D eigenvalue weighted by molar-refractivity contribution is 7.94. The summed E-state index contributed by atoms with van der Waals surface area (Å²) in [7, 11) is -3.38. The van der Waals surface area contributed by atoms with Gasteiger partial charge in [0.2, 0.25) is 0 Å². The summed E-state index contributed by atoms with van der Waals surface area (Å²) in [6.45, 7) is 6.59. The molecule has 0 aromatic heterocycles. The van der Waals surface area contributed by atoms with Crippen LogP contribution in [0.3, 0.4) is 0 Å². The Morgan fingerprint density at radius 3 is 2.52 bits per heavy atom. The van der Waals surface area contributed by atoms with Crippen molar-refractivity contribution < 1.29 is 13.2 Å². The first-order valence-corrected chi connectivity index (χ1v) is 10.8. The third-order valence-electron chi connectivity index (χ3n) is 4.64. The fraction of sp³-hybridized carbons (Fsp3) is 0.524. The molecule has 0 spiro atoms. The van der Waals surface area contributed by atoms with Gasteiger partial charge in [-0.25, -0.2) is 8.42 Å². The second-order valence-electron chi connectivity index (χ2n) is 6.77. The van der Waals surface area contributed by atoms with Crippen LogP contribution in [0.4, 0.5) is 0 Å². The van der Waals surface area contributed by atoms with Crippen LogP contribution in [0.25, 0.3) is 0 Å². The number of unbranched alkanes of at least 4 members (excludes halogenated alkanes) is 4. The van der Waals surface area contributed by atoms with Gasteiger partial charge in [0, 0.05) is 11.3 Å². The van der Waals surface area contributed by atoms with Crippen molar-refractivity contribution in [1.29, 1.82) is 0 Å². The van der Waals surface area contributed by atoms with Crippen LogP contribution in [0, 0.1) is 5.92 Å². The van der Waals surface area contributed by atoms with Gasteiger partial charge >= 0.3 is 0 Å². The minimum absolute atomic E-state index is 0.179. The second-order valence-corrected chi connectivity index (χ2v) is 8.61. The van der Waals surface area contributed by atoms with Crippen LogP contribution in [0.5, 0.6) is 0 Å². The monoisotopic (exact) mass is 362 g/mol. The van der Waals surface area contributed by atoms with Crippen LogP contribution in [-0.4, -0.2) is 21.1 Å². The molecule has 138 valence electrons. The molecule has 4 heteroatoms. The molecule has 3 nitrogen and oxygen atoms in total. The van der Waals surface area contributed by atoms with Crippen molar-refractivity contribution >= 4 is 9.84 Å². The van der Waals surface area contributed by atoms with Crippen LogP contribution in [0.1, 0.15) is 51.9 Å². The molecule has 0 radical (unpaired) electrons. The topological polar surface area (TPSA) is 43.4 Å². The van der Waals surface area contributed by atoms with Gasteiger partial charge in [0.1, 0.15) is 0 Å². The van der Waals surface area contributed by atoms with E-state index < -0.39 is 9.84 Å². The van der Waals surface area contributed by atoms with Crippen LogP contribution in [0.2, 0.25) is 0 Å². The average molecular weight is 363 g/mol. The molecule has 25 heavy (non-hydrogen) atoms. The zero-order chi connectivity index (χ0) is 18.1. The Bertz CT molecular complexity index is 662. The Balaban J connectivity index is 1.79. The van der Waals surface area contributed by atoms with Crippen molar-refractivity contribution in [1.82, 2.24) is 0 Å². The van der Waals surface area contributed by atoms with Gasteiger partial charge < -0.3 is 4.74 Å². The van der Waals surface area contributed by atoms with Crippen molar-refractivity contribution in [3.05, 3.63) is 54.0 Å². The lowest BCUT2D eigenvalue weighted by molar-refractivity contribution is 0.0527. The van der Waals surface area contributed by atoms with Crippen molar-refractivity contribution in [2.45, 2.75) is 62.9 Å². The van der Waals surface area contributed by atoms with Gasteiger partial charge in [-0.15, -0.1) is 0 Å². The number of benzene rings is 1. The molecule has 0 saturated heterocycles. The van der Waals surface area contributed by atoms with E-state index in [0.717, 1.165) is 12.8 Å². The molecular weight excluding hydrogens is 332 g/mol. The lowest BCUT2D eigenvalue weighted by Crippen LogP contribution is -2.16. The zero-order valence-corrected chi connectivity index (χ0v) is 16.0. The predicted molar refractivity (Wildman–Crippen MR) is 103 cm³/mol. The van der Waals surface area contributed by atoms with E-state index >= 15 is 0 Å². The van der Waals surface area contributed by atoms with E-state index in [0.29, 0.717) is 17.4 Å². The SMILES string of the molecule is C=C1C[C@H]1[C@H](CCCCCCC)OC/C=C/S(=O)(=O)c1ccccc1. The fourth-order valence-corrected chi connectivity index (χ4v) is 4.03. The lowest BCUT2D eigenvalue weighted by Gasteiger charge is -2.16. The van der Waals surface area contributed by atoms with Crippen LogP contribution in [-0.2, 0) is 14.6 Å². The van der Waals surface area contributed by atoms with E-state index in [1.165, 1.54) is 43.1 Å². The Morgan fingerprint density at radius 1 is 1.20 bits per heavy atom. The van der Waals surface area contributed by atoms with E-state index in [4.69, 9.17) is 4.74 Å². The van der Waals surface area contributed by atoms with E-state index in [1.807, 2.05) is 0 Å². The highest BCUT2D eigenvalue weighted by atomic mass is 32.2. The third-order valence-corrected chi connectivity index (χ3v) is 6.12. The van der Waals surface area contributed by atoms with Crippen molar-refractivity contribution in [3.63, 3.8) is 0 Å². The number of rotatable bonds is 12. The Hall–Kier alpha value is -1.39. The average Bonchev–Trinajstić information content (AvgIpc) is 3.34. The minimum Gasteiger partial charge on any atom is -0.374 e. The summed E-state index contributed by atoms with van der Waals surface area (Å²) in [4.78, 5) is 0.314.